The fraction of sp³-hybridized carbons (Fsp3) is 0.353. The van der Waals surface area contributed by atoms with Crippen LogP contribution in [0.25, 0.3) is 0 Å². The number of hydrogen-bond donors (Lipinski definition) is 1. The predicted molar refractivity (Wildman–Crippen MR) is 88.6 cm³/mol. The van der Waals surface area contributed by atoms with Crippen LogP contribution in [-0.2, 0) is 0 Å². The van der Waals surface area contributed by atoms with E-state index in [4.69, 9.17) is 14.4 Å². The number of anilines is 1. The van der Waals surface area contributed by atoms with Crippen LogP contribution < -0.4 is 10.2 Å². The van der Waals surface area contributed by atoms with Crippen molar-refractivity contribution in [1.82, 2.24) is 4.98 Å². The zero-order valence-corrected chi connectivity index (χ0v) is 13.5. The SMILES string of the molecule is Cc1nc(C#N)c(N/N=C/c2ccc(OCCC(C)C)cc2)o1. The molecule has 23 heavy (non-hydrogen) atoms. The lowest BCUT2D eigenvalue weighted by molar-refractivity contribution is 0.289. The smallest absolute Gasteiger partial charge is 0.252 e. The summed E-state index contributed by atoms with van der Waals surface area (Å²) in [6, 6.07) is 9.57. The predicted octanol–water partition coefficient (Wildman–Crippen LogP) is 3.73. The number of aromatic nitrogens is 1. The van der Waals surface area contributed by atoms with E-state index in [-0.39, 0.29) is 11.6 Å². The minimum absolute atomic E-state index is 0.188. The van der Waals surface area contributed by atoms with Gasteiger partial charge < -0.3 is 9.15 Å². The number of nitriles is 1. The Balaban J connectivity index is 1.89. The normalized spacial score (nSPS) is 10.9. The van der Waals surface area contributed by atoms with Crippen LogP contribution in [0.3, 0.4) is 0 Å². The number of oxazole rings is 1. The number of hydrazone groups is 1. The molecule has 120 valence electrons. The summed E-state index contributed by atoms with van der Waals surface area (Å²) < 4.78 is 10.9. The van der Waals surface area contributed by atoms with E-state index >= 15 is 0 Å². The fourth-order valence-electron chi connectivity index (χ4n) is 1.81. The van der Waals surface area contributed by atoms with Crippen molar-refractivity contribution in [3.63, 3.8) is 0 Å². The average molecular weight is 312 g/mol. The molecule has 0 spiro atoms. The highest BCUT2D eigenvalue weighted by Crippen LogP contribution is 2.16. The molecule has 0 atom stereocenters. The van der Waals surface area contributed by atoms with Crippen molar-refractivity contribution < 1.29 is 9.15 Å². The molecular weight excluding hydrogens is 292 g/mol. The molecule has 6 nitrogen and oxygen atoms in total. The minimum Gasteiger partial charge on any atom is -0.494 e. The molecule has 2 aromatic rings. The molecule has 0 saturated heterocycles. The Bertz CT molecular complexity index is 696. The molecule has 2 rings (SSSR count). The van der Waals surface area contributed by atoms with Crippen LogP contribution in [0.15, 0.2) is 33.8 Å². The van der Waals surface area contributed by atoms with E-state index < -0.39 is 0 Å². The second kappa shape index (κ2) is 7.99. The van der Waals surface area contributed by atoms with Crippen LogP contribution >= 0.6 is 0 Å². The first kappa shape index (κ1) is 16.6. The van der Waals surface area contributed by atoms with Gasteiger partial charge in [0.15, 0.2) is 5.89 Å². The van der Waals surface area contributed by atoms with Crippen LogP contribution in [0.5, 0.6) is 5.75 Å². The first-order chi connectivity index (χ1) is 11.1. The number of benzene rings is 1. The number of nitrogens with one attached hydrogen (secondary N) is 1. The zero-order valence-electron chi connectivity index (χ0n) is 13.5. The van der Waals surface area contributed by atoms with Crippen molar-refractivity contribution in [2.24, 2.45) is 11.0 Å². The van der Waals surface area contributed by atoms with Crippen molar-refractivity contribution in [2.45, 2.75) is 27.2 Å². The van der Waals surface area contributed by atoms with Gasteiger partial charge in [-0.3, -0.25) is 0 Å². The number of hydrogen-bond acceptors (Lipinski definition) is 6. The van der Waals surface area contributed by atoms with E-state index in [2.05, 4.69) is 29.4 Å². The van der Waals surface area contributed by atoms with E-state index in [1.165, 1.54) is 0 Å². The summed E-state index contributed by atoms with van der Waals surface area (Å²) in [7, 11) is 0. The number of rotatable bonds is 7. The largest absolute Gasteiger partial charge is 0.494 e. The molecule has 0 saturated carbocycles. The molecule has 1 heterocycles. The van der Waals surface area contributed by atoms with E-state index in [1.807, 2.05) is 30.3 Å². The van der Waals surface area contributed by atoms with Gasteiger partial charge in [-0.1, -0.05) is 13.8 Å². The first-order valence-electron chi connectivity index (χ1n) is 7.48. The Hall–Kier alpha value is -2.81. The topological polar surface area (TPSA) is 83.4 Å². The third-order valence-electron chi connectivity index (χ3n) is 3.06. The summed E-state index contributed by atoms with van der Waals surface area (Å²) in [5.74, 6) is 2.14. The highest BCUT2D eigenvalue weighted by molar-refractivity contribution is 5.80. The van der Waals surface area contributed by atoms with E-state index in [9.17, 15) is 0 Å². The van der Waals surface area contributed by atoms with Gasteiger partial charge in [-0.15, -0.1) is 0 Å². The van der Waals surface area contributed by atoms with Crippen LogP contribution in [0.1, 0.15) is 37.4 Å². The number of nitrogens with zero attached hydrogens (tertiary/aromatic N) is 3. The Morgan fingerprint density at radius 2 is 2.13 bits per heavy atom. The molecule has 1 N–H and O–H groups in total. The van der Waals surface area contributed by atoms with Crippen molar-refractivity contribution in [3.05, 3.63) is 41.4 Å². The summed E-state index contributed by atoms with van der Waals surface area (Å²) >= 11 is 0. The summed E-state index contributed by atoms with van der Waals surface area (Å²) in [4.78, 5) is 3.93. The highest BCUT2D eigenvalue weighted by Gasteiger charge is 2.08. The molecule has 0 bridgehead atoms. The Labute approximate surface area is 135 Å². The van der Waals surface area contributed by atoms with Gasteiger partial charge in [0.1, 0.15) is 11.8 Å². The third kappa shape index (κ3) is 5.15. The maximum Gasteiger partial charge on any atom is 0.252 e. The van der Waals surface area contributed by atoms with Gasteiger partial charge in [0, 0.05) is 6.92 Å². The molecule has 1 aromatic heterocycles. The summed E-state index contributed by atoms with van der Waals surface area (Å²) in [6.45, 7) is 6.73. The summed E-state index contributed by atoms with van der Waals surface area (Å²) in [5.41, 5.74) is 3.78. The van der Waals surface area contributed by atoms with Crippen molar-refractivity contribution in [3.8, 4) is 11.8 Å². The van der Waals surface area contributed by atoms with E-state index in [0.29, 0.717) is 18.4 Å². The molecule has 0 radical (unpaired) electrons. The molecule has 0 amide bonds. The van der Waals surface area contributed by atoms with Crippen molar-refractivity contribution in [2.75, 3.05) is 12.0 Å². The lowest BCUT2D eigenvalue weighted by Crippen LogP contribution is -2.01. The second-order valence-corrected chi connectivity index (χ2v) is 5.49. The molecule has 0 fully saturated rings. The van der Waals surface area contributed by atoms with Crippen molar-refractivity contribution in [1.29, 1.82) is 5.26 Å². The van der Waals surface area contributed by atoms with Gasteiger partial charge in [0.2, 0.25) is 5.69 Å². The average Bonchev–Trinajstić information content (AvgIpc) is 2.88. The van der Waals surface area contributed by atoms with Crippen molar-refractivity contribution >= 4 is 12.1 Å². The van der Waals surface area contributed by atoms with Crippen LogP contribution in [0.4, 0.5) is 5.88 Å². The molecule has 1 aromatic carbocycles. The van der Waals surface area contributed by atoms with Crippen LogP contribution in [0, 0.1) is 24.2 Å². The zero-order chi connectivity index (χ0) is 16.7. The maximum absolute atomic E-state index is 8.91. The maximum atomic E-state index is 8.91. The van der Waals surface area contributed by atoms with E-state index in [1.54, 1.807) is 13.1 Å². The van der Waals surface area contributed by atoms with Gasteiger partial charge in [-0.2, -0.15) is 10.4 Å². The van der Waals surface area contributed by atoms with Gasteiger partial charge >= 0.3 is 0 Å². The molecule has 0 aliphatic carbocycles. The van der Waals surface area contributed by atoms with Gasteiger partial charge in [-0.25, -0.2) is 10.4 Å². The standard InChI is InChI=1S/C17H20N4O2/c1-12(2)8-9-22-15-6-4-14(5-7-15)11-19-21-17-16(10-18)20-13(3)23-17/h4-7,11-12,21H,8-9H2,1-3H3/b19-11+. The van der Waals surface area contributed by atoms with Crippen LogP contribution in [0.2, 0.25) is 0 Å². The van der Waals surface area contributed by atoms with Crippen LogP contribution in [-0.4, -0.2) is 17.8 Å². The number of aryl methyl sites for hydroxylation is 1. The second-order valence-electron chi connectivity index (χ2n) is 5.49. The minimum atomic E-state index is 0.188. The summed E-state index contributed by atoms with van der Waals surface area (Å²) in [5, 5.41) is 13.0. The molecule has 0 aliphatic heterocycles. The monoisotopic (exact) mass is 312 g/mol. The molecular formula is C17H20N4O2. The lowest BCUT2D eigenvalue weighted by Gasteiger charge is -2.07. The van der Waals surface area contributed by atoms with Gasteiger partial charge in [-0.05, 0) is 42.2 Å². The van der Waals surface area contributed by atoms with E-state index in [0.717, 1.165) is 17.7 Å². The lowest BCUT2D eigenvalue weighted by atomic mass is 10.1. The molecule has 0 aliphatic rings. The molecule has 0 unspecified atom stereocenters. The number of ether oxygens (including phenoxy) is 1. The fourth-order valence-corrected chi connectivity index (χ4v) is 1.81. The summed E-state index contributed by atoms with van der Waals surface area (Å²) in [6.07, 6.45) is 2.67. The first-order valence-corrected chi connectivity index (χ1v) is 7.48. The van der Waals surface area contributed by atoms with Gasteiger partial charge in [0.05, 0.1) is 12.8 Å². The molecule has 6 heteroatoms. The Morgan fingerprint density at radius 3 is 2.78 bits per heavy atom. The highest BCUT2D eigenvalue weighted by atomic mass is 16.5. The Kier molecular flexibility index (Phi) is 5.75. The van der Waals surface area contributed by atoms with Gasteiger partial charge in [0.25, 0.3) is 5.88 Å². The quantitative estimate of drug-likeness (QED) is 0.622. The Morgan fingerprint density at radius 1 is 1.39 bits per heavy atom. The third-order valence-corrected chi connectivity index (χ3v) is 3.06.